The molecule has 1 saturated heterocycles. The summed E-state index contributed by atoms with van der Waals surface area (Å²) < 4.78 is 0.670. The van der Waals surface area contributed by atoms with Gasteiger partial charge in [0.2, 0.25) is 5.91 Å². The van der Waals surface area contributed by atoms with Gasteiger partial charge in [-0.3, -0.25) is 9.79 Å². The lowest BCUT2D eigenvalue weighted by Crippen LogP contribution is -2.46. The van der Waals surface area contributed by atoms with Gasteiger partial charge >= 0.3 is 0 Å². The molecule has 0 aromatic carbocycles. The largest absolute Gasteiger partial charge is 0.386 e. The molecule has 1 aromatic heterocycles. The van der Waals surface area contributed by atoms with Crippen molar-refractivity contribution in [1.82, 2.24) is 15.5 Å². The lowest BCUT2D eigenvalue weighted by Gasteiger charge is -2.34. The maximum atomic E-state index is 11.5. The molecule has 1 atom stereocenters. The van der Waals surface area contributed by atoms with Crippen LogP contribution in [0.5, 0.6) is 0 Å². The van der Waals surface area contributed by atoms with Gasteiger partial charge in [-0.15, -0.1) is 11.3 Å². The number of nitrogens with zero attached hydrogens (tertiary/aromatic N) is 2. The molecule has 1 amide bonds. The fourth-order valence-electron chi connectivity index (χ4n) is 2.91. The summed E-state index contributed by atoms with van der Waals surface area (Å²) in [6.45, 7) is 4.85. The molecule has 0 aliphatic carbocycles. The zero-order valence-electron chi connectivity index (χ0n) is 14.8. The second-order valence-corrected chi connectivity index (χ2v) is 7.91. The second-order valence-electron chi connectivity index (χ2n) is 6.16. The van der Waals surface area contributed by atoms with Gasteiger partial charge in [0, 0.05) is 38.0 Å². The van der Waals surface area contributed by atoms with Gasteiger partial charge in [0.25, 0.3) is 0 Å². The van der Waals surface area contributed by atoms with Crippen molar-refractivity contribution in [3.05, 3.63) is 21.3 Å². The third-order valence-corrected chi connectivity index (χ3v) is 5.67. The highest BCUT2D eigenvalue weighted by atomic mass is 35.5. The number of carbonyl (C=O) groups is 1. The van der Waals surface area contributed by atoms with Crippen molar-refractivity contribution < 1.29 is 9.90 Å². The molecule has 1 unspecified atom stereocenters. The first-order valence-electron chi connectivity index (χ1n) is 8.70. The third kappa shape index (κ3) is 6.17. The first kappa shape index (κ1) is 20.0. The van der Waals surface area contributed by atoms with Gasteiger partial charge < -0.3 is 20.6 Å². The van der Waals surface area contributed by atoms with Crippen LogP contribution in [0.1, 0.15) is 37.2 Å². The number of rotatable bonds is 6. The average Bonchev–Trinajstić information content (AvgIpc) is 3.05. The number of guanidine groups is 1. The summed E-state index contributed by atoms with van der Waals surface area (Å²) in [5.41, 5.74) is 0. The Morgan fingerprint density at radius 2 is 2.20 bits per heavy atom. The number of piperidine rings is 1. The SMILES string of the molecule is CCNC(=NCC(O)c1ccc(Cl)s1)N1CCC(CC(=O)NC)CC1. The van der Waals surface area contributed by atoms with E-state index in [9.17, 15) is 9.90 Å². The molecule has 2 heterocycles. The molecule has 1 fully saturated rings. The Bertz CT molecular complexity index is 585. The molecule has 0 bridgehead atoms. The van der Waals surface area contributed by atoms with E-state index < -0.39 is 6.10 Å². The maximum absolute atomic E-state index is 11.5. The Morgan fingerprint density at radius 1 is 1.48 bits per heavy atom. The Balaban J connectivity index is 1.90. The van der Waals surface area contributed by atoms with Crippen molar-refractivity contribution in [3.8, 4) is 0 Å². The monoisotopic (exact) mass is 386 g/mol. The fraction of sp³-hybridized carbons (Fsp3) is 0.647. The van der Waals surface area contributed by atoms with Crippen molar-refractivity contribution in [3.63, 3.8) is 0 Å². The smallest absolute Gasteiger partial charge is 0.220 e. The highest BCUT2D eigenvalue weighted by Crippen LogP contribution is 2.27. The zero-order chi connectivity index (χ0) is 18.2. The van der Waals surface area contributed by atoms with Gasteiger partial charge in [-0.25, -0.2) is 0 Å². The first-order chi connectivity index (χ1) is 12.0. The summed E-state index contributed by atoms with van der Waals surface area (Å²) >= 11 is 7.30. The summed E-state index contributed by atoms with van der Waals surface area (Å²) in [5.74, 6) is 1.36. The average molecular weight is 387 g/mol. The number of aliphatic hydroxyl groups excluding tert-OH is 1. The molecule has 25 heavy (non-hydrogen) atoms. The normalized spacial score (nSPS) is 17.4. The standard InChI is InChI=1S/C17H27ClN4O2S/c1-3-20-17(21-11-13(23)14-4-5-15(18)25-14)22-8-6-12(7-9-22)10-16(24)19-2/h4-5,12-13,23H,3,6-11H2,1-2H3,(H,19,24)(H,20,21). The van der Waals surface area contributed by atoms with Crippen LogP contribution in [-0.2, 0) is 4.79 Å². The van der Waals surface area contributed by atoms with Crippen molar-refractivity contribution >= 4 is 34.8 Å². The number of halogens is 1. The van der Waals surface area contributed by atoms with Crippen LogP contribution in [0, 0.1) is 5.92 Å². The predicted octanol–water partition coefficient (Wildman–Crippen LogP) is 2.25. The fourth-order valence-corrected chi connectivity index (χ4v) is 3.95. The molecule has 6 nitrogen and oxygen atoms in total. The Kier molecular flexibility index (Phi) is 7.99. The van der Waals surface area contributed by atoms with Gasteiger partial charge in [-0.05, 0) is 37.8 Å². The summed E-state index contributed by atoms with van der Waals surface area (Å²) in [6.07, 6.45) is 1.90. The second kappa shape index (κ2) is 9.99. The highest BCUT2D eigenvalue weighted by Gasteiger charge is 2.23. The first-order valence-corrected chi connectivity index (χ1v) is 9.90. The van der Waals surface area contributed by atoms with Crippen LogP contribution < -0.4 is 10.6 Å². The molecule has 3 N–H and O–H groups in total. The number of aliphatic hydroxyl groups is 1. The number of hydrogen-bond donors (Lipinski definition) is 3. The quantitative estimate of drug-likeness (QED) is 0.517. The maximum Gasteiger partial charge on any atom is 0.220 e. The van der Waals surface area contributed by atoms with E-state index in [4.69, 9.17) is 11.6 Å². The molecule has 2 rings (SSSR count). The van der Waals surface area contributed by atoms with E-state index in [2.05, 4.69) is 20.5 Å². The van der Waals surface area contributed by atoms with Crippen LogP contribution in [0.3, 0.4) is 0 Å². The number of aliphatic imine (C=N–C) groups is 1. The van der Waals surface area contributed by atoms with Crippen LogP contribution in [0.4, 0.5) is 0 Å². The molecule has 140 valence electrons. The Labute approximate surface area is 158 Å². The molecule has 1 aliphatic heterocycles. The topological polar surface area (TPSA) is 77.0 Å². The van der Waals surface area contributed by atoms with Gasteiger partial charge in [-0.2, -0.15) is 0 Å². The van der Waals surface area contributed by atoms with Crippen molar-refractivity contribution in [1.29, 1.82) is 0 Å². The summed E-state index contributed by atoms with van der Waals surface area (Å²) in [5, 5.41) is 16.3. The number of amides is 1. The van der Waals surface area contributed by atoms with Crippen LogP contribution >= 0.6 is 22.9 Å². The van der Waals surface area contributed by atoms with Crippen molar-refractivity contribution in [2.75, 3.05) is 33.2 Å². The predicted molar refractivity (Wildman–Crippen MR) is 103 cm³/mol. The van der Waals surface area contributed by atoms with Gasteiger partial charge in [0.1, 0.15) is 6.10 Å². The van der Waals surface area contributed by atoms with E-state index >= 15 is 0 Å². The van der Waals surface area contributed by atoms with Crippen LogP contribution in [-0.4, -0.2) is 55.1 Å². The van der Waals surface area contributed by atoms with Crippen LogP contribution in [0.15, 0.2) is 17.1 Å². The van der Waals surface area contributed by atoms with Crippen molar-refractivity contribution in [2.45, 2.75) is 32.3 Å². The van der Waals surface area contributed by atoms with E-state index in [1.54, 1.807) is 13.1 Å². The lowest BCUT2D eigenvalue weighted by atomic mass is 9.93. The number of thiophene rings is 1. The molecular weight excluding hydrogens is 360 g/mol. The summed E-state index contributed by atoms with van der Waals surface area (Å²) in [7, 11) is 1.68. The summed E-state index contributed by atoms with van der Waals surface area (Å²) in [6, 6.07) is 3.63. The molecule has 0 saturated carbocycles. The number of nitrogens with one attached hydrogen (secondary N) is 2. The Hall–Kier alpha value is -1.31. The van der Waals surface area contributed by atoms with Gasteiger partial charge in [-0.1, -0.05) is 11.6 Å². The number of hydrogen-bond acceptors (Lipinski definition) is 4. The Morgan fingerprint density at radius 3 is 2.76 bits per heavy atom. The summed E-state index contributed by atoms with van der Waals surface area (Å²) in [4.78, 5) is 19.1. The van der Waals surface area contributed by atoms with E-state index in [0.29, 0.717) is 23.2 Å². The molecule has 1 aliphatic rings. The van der Waals surface area contributed by atoms with E-state index in [1.165, 1.54) is 11.3 Å². The van der Waals surface area contributed by atoms with Gasteiger partial charge in [0.15, 0.2) is 5.96 Å². The molecular formula is C17H27ClN4O2S. The lowest BCUT2D eigenvalue weighted by molar-refractivity contribution is -0.121. The minimum Gasteiger partial charge on any atom is -0.386 e. The number of likely N-dealkylation sites (tertiary alicyclic amines) is 1. The van der Waals surface area contributed by atoms with Crippen LogP contribution in [0.25, 0.3) is 0 Å². The third-order valence-electron chi connectivity index (χ3n) is 4.34. The van der Waals surface area contributed by atoms with Crippen LogP contribution in [0.2, 0.25) is 4.34 Å². The molecule has 8 heteroatoms. The minimum atomic E-state index is -0.642. The van der Waals surface area contributed by atoms with Crippen molar-refractivity contribution in [2.24, 2.45) is 10.9 Å². The molecule has 0 spiro atoms. The van der Waals surface area contributed by atoms with E-state index in [0.717, 1.165) is 43.3 Å². The van der Waals surface area contributed by atoms with Gasteiger partial charge in [0.05, 0.1) is 10.9 Å². The molecule has 0 radical (unpaired) electrons. The highest BCUT2D eigenvalue weighted by molar-refractivity contribution is 7.16. The van der Waals surface area contributed by atoms with E-state index in [1.807, 2.05) is 13.0 Å². The number of carbonyl (C=O) groups excluding carboxylic acids is 1. The zero-order valence-corrected chi connectivity index (χ0v) is 16.4. The van der Waals surface area contributed by atoms with E-state index in [-0.39, 0.29) is 5.91 Å². The minimum absolute atomic E-state index is 0.108. The molecule has 1 aromatic rings.